The summed E-state index contributed by atoms with van der Waals surface area (Å²) in [6.45, 7) is 12.9. The highest BCUT2D eigenvalue weighted by Gasteiger charge is 2.29. The van der Waals surface area contributed by atoms with Gasteiger partial charge in [0.2, 0.25) is 0 Å². The van der Waals surface area contributed by atoms with E-state index in [0.717, 1.165) is 38.5 Å². The lowest BCUT2D eigenvalue weighted by Gasteiger charge is -2.39. The first kappa shape index (κ1) is 17.4. The molecule has 0 bridgehead atoms. The molecule has 1 unspecified atom stereocenters. The summed E-state index contributed by atoms with van der Waals surface area (Å²) >= 11 is 0. The molecule has 0 radical (unpaired) electrons. The van der Waals surface area contributed by atoms with E-state index in [1.54, 1.807) is 0 Å². The van der Waals surface area contributed by atoms with Gasteiger partial charge in [0.1, 0.15) is 6.04 Å². The molecular formula is C16H32N2O2. The third-order valence-electron chi connectivity index (χ3n) is 4.49. The monoisotopic (exact) mass is 284 g/mol. The highest BCUT2D eigenvalue weighted by molar-refractivity contribution is 5.73. The van der Waals surface area contributed by atoms with Crippen LogP contribution in [-0.2, 0) is 4.79 Å². The summed E-state index contributed by atoms with van der Waals surface area (Å²) in [5, 5.41) is 12.3. The maximum absolute atomic E-state index is 11.2. The van der Waals surface area contributed by atoms with Crippen molar-refractivity contribution in [2.75, 3.05) is 26.2 Å². The molecule has 0 spiro atoms. The first-order valence-electron chi connectivity index (χ1n) is 8.03. The molecular weight excluding hydrogens is 252 g/mol. The van der Waals surface area contributed by atoms with Crippen LogP contribution in [0.5, 0.6) is 0 Å². The Labute approximate surface area is 123 Å². The summed E-state index contributed by atoms with van der Waals surface area (Å²) in [5.41, 5.74) is 0.401. The number of carboxylic acids is 1. The second-order valence-electron chi connectivity index (χ2n) is 7.12. The van der Waals surface area contributed by atoms with E-state index < -0.39 is 12.0 Å². The smallest absolute Gasteiger partial charge is 0.320 e. The van der Waals surface area contributed by atoms with Crippen LogP contribution in [-0.4, -0.2) is 48.2 Å². The van der Waals surface area contributed by atoms with E-state index in [1.807, 2.05) is 0 Å². The van der Waals surface area contributed by atoms with Gasteiger partial charge in [-0.2, -0.15) is 0 Å². The summed E-state index contributed by atoms with van der Waals surface area (Å²) < 4.78 is 0. The molecule has 0 aromatic carbocycles. The van der Waals surface area contributed by atoms with Crippen molar-refractivity contribution >= 4 is 5.97 Å². The van der Waals surface area contributed by atoms with Crippen LogP contribution < -0.4 is 5.32 Å². The fourth-order valence-corrected chi connectivity index (χ4v) is 2.97. The van der Waals surface area contributed by atoms with E-state index in [1.165, 1.54) is 12.8 Å². The molecule has 0 saturated carbocycles. The predicted octanol–water partition coefficient (Wildman–Crippen LogP) is 2.59. The minimum atomic E-state index is -0.719. The fraction of sp³-hybridized carbons (Fsp3) is 0.938. The number of hydrogen-bond donors (Lipinski definition) is 2. The number of nitrogens with zero attached hydrogens (tertiary/aromatic N) is 1. The Balaban J connectivity index is 2.30. The topological polar surface area (TPSA) is 52.6 Å². The molecule has 1 saturated heterocycles. The van der Waals surface area contributed by atoms with Gasteiger partial charge in [-0.15, -0.1) is 0 Å². The van der Waals surface area contributed by atoms with E-state index in [2.05, 4.69) is 37.9 Å². The molecule has 4 nitrogen and oxygen atoms in total. The highest BCUT2D eigenvalue weighted by atomic mass is 16.4. The van der Waals surface area contributed by atoms with Crippen LogP contribution in [0.2, 0.25) is 0 Å². The van der Waals surface area contributed by atoms with Gasteiger partial charge in [-0.3, -0.25) is 4.79 Å². The Morgan fingerprint density at radius 1 is 1.35 bits per heavy atom. The molecule has 20 heavy (non-hydrogen) atoms. The van der Waals surface area contributed by atoms with Crippen molar-refractivity contribution in [2.45, 2.75) is 59.4 Å². The van der Waals surface area contributed by atoms with E-state index in [0.29, 0.717) is 11.8 Å². The van der Waals surface area contributed by atoms with Crippen molar-refractivity contribution < 1.29 is 9.90 Å². The van der Waals surface area contributed by atoms with Crippen molar-refractivity contribution in [3.05, 3.63) is 0 Å². The lowest BCUT2D eigenvalue weighted by molar-refractivity contribution is -0.139. The Morgan fingerprint density at radius 2 is 1.95 bits per heavy atom. The summed E-state index contributed by atoms with van der Waals surface area (Å²) in [5.74, 6) is 0.0789. The van der Waals surface area contributed by atoms with Crippen LogP contribution in [0.25, 0.3) is 0 Å². The van der Waals surface area contributed by atoms with Crippen LogP contribution in [0.1, 0.15) is 53.4 Å². The summed E-state index contributed by atoms with van der Waals surface area (Å²) in [7, 11) is 0. The van der Waals surface area contributed by atoms with Gasteiger partial charge in [-0.25, -0.2) is 0 Å². The predicted molar refractivity (Wildman–Crippen MR) is 83.0 cm³/mol. The highest BCUT2D eigenvalue weighted by Crippen LogP contribution is 2.34. The lowest BCUT2D eigenvalue weighted by atomic mass is 9.75. The van der Waals surface area contributed by atoms with E-state index >= 15 is 0 Å². The number of carbonyl (C=O) groups is 1. The minimum absolute atomic E-state index is 0.393. The number of carboxylic acid groups (broad SMARTS) is 1. The first-order chi connectivity index (χ1) is 9.34. The number of hydrogen-bond acceptors (Lipinski definition) is 3. The second-order valence-corrected chi connectivity index (χ2v) is 7.12. The molecule has 0 amide bonds. The fourth-order valence-electron chi connectivity index (χ4n) is 2.97. The number of rotatable bonds is 7. The van der Waals surface area contributed by atoms with E-state index in [4.69, 9.17) is 0 Å². The van der Waals surface area contributed by atoms with Crippen LogP contribution in [0, 0.1) is 11.3 Å². The van der Waals surface area contributed by atoms with Gasteiger partial charge in [0.15, 0.2) is 0 Å². The summed E-state index contributed by atoms with van der Waals surface area (Å²) in [6, 6.07) is -0.393. The molecule has 2 N–H and O–H groups in total. The Morgan fingerprint density at radius 3 is 2.40 bits per heavy atom. The third-order valence-corrected chi connectivity index (χ3v) is 4.49. The van der Waals surface area contributed by atoms with Gasteiger partial charge in [-0.1, -0.05) is 27.7 Å². The first-order valence-corrected chi connectivity index (χ1v) is 8.03. The SMILES string of the molecule is CCCNC(CCN1CCC(C(C)(C)C)CC1)C(=O)O. The standard InChI is InChI=1S/C16H32N2O2/c1-5-9-17-14(15(19)20)8-12-18-10-6-13(7-11-18)16(2,3)4/h13-14,17H,5-12H2,1-4H3,(H,19,20). The van der Waals surface area contributed by atoms with E-state index in [9.17, 15) is 9.90 Å². The largest absolute Gasteiger partial charge is 0.480 e. The molecule has 1 aliphatic heterocycles. The molecule has 0 aromatic rings. The van der Waals surface area contributed by atoms with Crippen LogP contribution in [0.15, 0.2) is 0 Å². The maximum atomic E-state index is 11.2. The molecule has 0 aromatic heterocycles. The maximum Gasteiger partial charge on any atom is 0.320 e. The van der Waals surface area contributed by atoms with Crippen LogP contribution >= 0.6 is 0 Å². The zero-order valence-electron chi connectivity index (χ0n) is 13.6. The van der Waals surface area contributed by atoms with Crippen molar-refractivity contribution in [1.82, 2.24) is 10.2 Å². The molecule has 1 aliphatic rings. The molecule has 1 heterocycles. The molecule has 118 valence electrons. The number of nitrogens with one attached hydrogen (secondary N) is 1. The molecule has 0 aliphatic carbocycles. The van der Waals surface area contributed by atoms with Crippen molar-refractivity contribution in [2.24, 2.45) is 11.3 Å². The zero-order chi connectivity index (χ0) is 15.2. The van der Waals surface area contributed by atoms with Crippen LogP contribution in [0.4, 0.5) is 0 Å². The Bertz CT molecular complexity index is 291. The average molecular weight is 284 g/mol. The van der Waals surface area contributed by atoms with Crippen LogP contribution in [0.3, 0.4) is 0 Å². The summed E-state index contributed by atoms with van der Waals surface area (Å²) in [4.78, 5) is 13.6. The van der Waals surface area contributed by atoms with Crippen molar-refractivity contribution in [3.63, 3.8) is 0 Å². The van der Waals surface area contributed by atoms with Crippen molar-refractivity contribution in [3.8, 4) is 0 Å². The minimum Gasteiger partial charge on any atom is -0.480 e. The zero-order valence-corrected chi connectivity index (χ0v) is 13.6. The summed E-state index contributed by atoms with van der Waals surface area (Å²) in [6.07, 6.45) is 4.16. The average Bonchev–Trinajstić information content (AvgIpc) is 2.38. The number of likely N-dealkylation sites (tertiary alicyclic amines) is 1. The van der Waals surface area contributed by atoms with Gasteiger partial charge in [0.05, 0.1) is 0 Å². The number of aliphatic carboxylic acids is 1. The molecule has 4 heteroatoms. The van der Waals surface area contributed by atoms with Crippen molar-refractivity contribution in [1.29, 1.82) is 0 Å². The third kappa shape index (κ3) is 5.80. The normalized spacial score (nSPS) is 20.0. The molecule has 1 rings (SSSR count). The number of piperidine rings is 1. The van der Waals surface area contributed by atoms with Gasteiger partial charge >= 0.3 is 5.97 Å². The van der Waals surface area contributed by atoms with E-state index in [-0.39, 0.29) is 0 Å². The Hall–Kier alpha value is -0.610. The quantitative estimate of drug-likeness (QED) is 0.754. The molecule has 1 fully saturated rings. The second kappa shape index (κ2) is 7.99. The lowest BCUT2D eigenvalue weighted by Crippen LogP contribution is -2.43. The van der Waals surface area contributed by atoms with Gasteiger partial charge in [0, 0.05) is 6.54 Å². The van der Waals surface area contributed by atoms with Gasteiger partial charge in [0.25, 0.3) is 0 Å². The van der Waals surface area contributed by atoms with Gasteiger partial charge < -0.3 is 15.3 Å². The molecule has 1 atom stereocenters. The Kier molecular flexibility index (Phi) is 6.96. The van der Waals surface area contributed by atoms with Gasteiger partial charge in [-0.05, 0) is 56.7 Å².